The quantitative estimate of drug-likeness (QED) is 0.520. The van der Waals surface area contributed by atoms with Gasteiger partial charge < -0.3 is 14.8 Å². The van der Waals surface area contributed by atoms with Gasteiger partial charge >= 0.3 is 0 Å². The van der Waals surface area contributed by atoms with Crippen LogP contribution >= 0.6 is 23.4 Å². The van der Waals surface area contributed by atoms with Crippen molar-refractivity contribution in [1.29, 1.82) is 0 Å². The monoisotopic (exact) mass is 478 g/mol. The van der Waals surface area contributed by atoms with Crippen LogP contribution in [-0.2, 0) is 10.0 Å². The molecule has 162 valence electrons. The first-order chi connectivity index (χ1) is 14.7. The molecule has 3 aromatic carbocycles. The lowest BCUT2D eigenvalue weighted by Gasteiger charge is -2.12. The molecule has 3 rings (SSSR count). The van der Waals surface area contributed by atoms with E-state index in [0.29, 0.717) is 10.7 Å². The number of ether oxygens (including phenoxy) is 2. The standard InChI is InChI=1S/C21H19ClN2O5S2/c1-28-14-4-6-15(7-5-14)30-20-10-3-13(11-18(20)22)24-21(25)17-12-16(31(23,26)27)8-9-19(17)29-2/h3-12H,1-2H3,(H,24,25)(H2,23,26,27). The maximum atomic E-state index is 12.7. The second-order valence-electron chi connectivity index (χ2n) is 6.28. The van der Waals surface area contributed by atoms with Crippen molar-refractivity contribution >= 4 is 45.0 Å². The number of amides is 1. The summed E-state index contributed by atoms with van der Waals surface area (Å²) in [5.41, 5.74) is 0.471. The van der Waals surface area contributed by atoms with E-state index in [9.17, 15) is 13.2 Å². The molecule has 0 aliphatic rings. The van der Waals surface area contributed by atoms with Gasteiger partial charge in [0.25, 0.3) is 5.91 Å². The second kappa shape index (κ2) is 9.61. The van der Waals surface area contributed by atoms with Crippen LogP contribution in [0.5, 0.6) is 11.5 Å². The van der Waals surface area contributed by atoms with Crippen molar-refractivity contribution in [2.24, 2.45) is 5.14 Å². The summed E-state index contributed by atoms with van der Waals surface area (Å²) in [6.45, 7) is 0. The van der Waals surface area contributed by atoms with Gasteiger partial charge in [0.1, 0.15) is 11.5 Å². The highest BCUT2D eigenvalue weighted by Gasteiger charge is 2.18. The fourth-order valence-electron chi connectivity index (χ4n) is 2.67. The number of nitrogens with two attached hydrogens (primary N) is 1. The van der Waals surface area contributed by atoms with Gasteiger partial charge in [-0.2, -0.15) is 0 Å². The number of halogens is 1. The molecule has 0 aliphatic heterocycles. The van der Waals surface area contributed by atoms with Gasteiger partial charge in [-0.3, -0.25) is 4.79 Å². The lowest BCUT2D eigenvalue weighted by atomic mass is 10.2. The van der Waals surface area contributed by atoms with E-state index in [1.165, 1.54) is 37.1 Å². The molecular formula is C21H19ClN2O5S2. The number of anilines is 1. The Bertz CT molecular complexity index is 1210. The molecule has 0 aliphatic carbocycles. The molecule has 0 spiro atoms. The van der Waals surface area contributed by atoms with E-state index in [0.717, 1.165) is 15.5 Å². The predicted octanol–water partition coefficient (Wildman–Crippen LogP) is 4.41. The number of carbonyl (C=O) groups is 1. The third-order valence-corrected chi connectivity index (χ3v) is 6.64. The highest BCUT2D eigenvalue weighted by atomic mass is 35.5. The Morgan fingerprint density at radius 3 is 2.29 bits per heavy atom. The summed E-state index contributed by atoms with van der Waals surface area (Å²) in [6, 6.07) is 16.4. The average molecular weight is 479 g/mol. The molecule has 3 N–H and O–H groups in total. The first-order valence-corrected chi connectivity index (χ1v) is 11.6. The zero-order chi connectivity index (χ0) is 22.6. The normalized spacial score (nSPS) is 11.1. The number of rotatable bonds is 7. The largest absolute Gasteiger partial charge is 0.497 e. The number of carbonyl (C=O) groups excluding carboxylic acids is 1. The fraction of sp³-hybridized carbons (Fsp3) is 0.0952. The molecule has 0 atom stereocenters. The molecule has 0 unspecified atom stereocenters. The Morgan fingerprint density at radius 1 is 1.00 bits per heavy atom. The van der Waals surface area contributed by atoms with Gasteiger partial charge in [-0.05, 0) is 60.7 Å². The predicted molar refractivity (Wildman–Crippen MR) is 121 cm³/mol. The van der Waals surface area contributed by atoms with Crippen LogP contribution in [0.2, 0.25) is 5.02 Å². The minimum Gasteiger partial charge on any atom is -0.497 e. The molecule has 0 bridgehead atoms. The van der Waals surface area contributed by atoms with Crippen LogP contribution in [0.4, 0.5) is 5.69 Å². The summed E-state index contributed by atoms with van der Waals surface area (Å²) in [6.07, 6.45) is 0. The number of hydrogen-bond donors (Lipinski definition) is 2. The molecule has 0 heterocycles. The number of benzene rings is 3. The van der Waals surface area contributed by atoms with Crippen LogP contribution in [0.1, 0.15) is 10.4 Å². The van der Waals surface area contributed by atoms with Crippen molar-refractivity contribution in [2.45, 2.75) is 14.7 Å². The summed E-state index contributed by atoms with van der Waals surface area (Å²) in [5.74, 6) is 0.409. The van der Waals surface area contributed by atoms with Gasteiger partial charge in [-0.1, -0.05) is 23.4 Å². The summed E-state index contributed by atoms with van der Waals surface area (Å²) < 4.78 is 33.5. The van der Waals surface area contributed by atoms with Crippen LogP contribution in [0.15, 0.2) is 75.4 Å². The van der Waals surface area contributed by atoms with Gasteiger partial charge in [0.05, 0.1) is 29.7 Å². The lowest BCUT2D eigenvalue weighted by Crippen LogP contribution is -2.16. The molecule has 1 amide bonds. The van der Waals surface area contributed by atoms with Crippen molar-refractivity contribution in [3.63, 3.8) is 0 Å². The van der Waals surface area contributed by atoms with Gasteiger partial charge in [0, 0.05) is 15.5 Å². The molecule has 31 heavy (non-hydrogen) atoms. The van der Waals surface area contributed by atoms with Gasteiger partial charge in [-0.15, -0.1) is 0 Å². The molecule has 0 saturated carbocycles. The molecule has 0 radical (unpaired) electrons. The number of hydrogen-bond acceptors (Lipinski definition) is 6. The smallest absolute Gasteiger partial charge is 0.259 e. The van der Waals surface area contributed by atoms with Crippen molar-refractivity contribution in [3.8, 4) is 11.5 Å². The molecule has 0 aromatic heterocycles. The van der Waals surface area contributed by atoms with Crippen LogP contribution in [-0.4, -0.2) is 28.5 Å². The van der Waals surface area contributed by atoms with E-state index in [-0.39, 0.29) is 16.2 Å². The van der Waals surface area contributed by atoms with Crippen molar-refractivity contribution in [3.05, 3.63) is 71.2 Å². The number of nitrogens with one attached hydrogen (secondary N) is 1. The van der Waals surface area contributed by atoms with Crippen LogP contribution < -0.4 is 19.9 Å². The Morgan fingerprint density at radius 2 is 1.71 bits per heavy atom. The summed E-state index contributed by atoms with van der Waals surface area (Å²) in [4.78, 5) is 14.3. The topological polar surface area (TPSA) is 108 Å². The summed E-state index contributed by atoms with van der Waals surface area (Å²) in [5, 5.41) is 8.30. The van der Waals surface area contributed by atoms with Crippen LogP contribution in [0.25, 0.3) is 0 Å². The highest BCUT2D eigenvalue weighted by Crippen LogP contribution is 2.35. The number of primary sulfonamides is 1. The van der Waals surface area contributed by atoms with E-state index in [2.05, 4.69) is 5.32 Å². The van der Waals surface area contributed by atoms with Gasteiger partial charge in [0.15, 0.2) is 0 Å². The van der Waals surface area contributed by atoms with Crippen molar-refractivity contribution in [2.75, 3.05) is 19.5 Å². The minimum atomic E-state index is -3.97. The van der Waals surface area contributed by atoms with Crippen molar-refractivity contribution < 1.29 is 22.7 Å². The average Bonchev–Trinajstić information content (AvgIpc) is 2.75. The first-order valence-electron chi connectivity index (χ1n) is 8.85. The van der Waals surface area contributed by atoms with E-state index in [4.69, 9.17) is 26.2 Å². The van der Waals surface area contributed by atoms with Gasteiger partial charge in [-0.25, -0.2) is 13.6 Å². The van der Waals surface area contributed by atoms with E-state index in [1.54, 1.807) is 25.3 Å². The SMILES string of the molecule is COc1ccc(Sc2ccc(NC(=O)c3cc(S(N)(=O)=O)ccc3OC)cc2Cl)cc1. The second-order valence-corrected chi connectivity index (χ2v) is 9.37. The van der Waals surface area contributed by atoms with E-state index < -0.39 is 15.9 Å². The molecular weight excluding hydrogens is 460 g/mol. The van der Waals surface area contributed by atoms with Crippen molar-refractivity contribution in [1.82, 2.24) is 0 Å². The lowest BCUT2D eigenvalue weighted by molar-refractivity contribution is 0.102. The van der Waals surface area contributed by atoms with Crippen LogP contribution in [0, 0.1) is 0 Å². The molecule has 7 nitrogen and oxygen atoms in total. The van der Waals surface area contributed by atoms with E-state index >= 15 is 0 Å². The van der Waals surface area contributed by atoms with Gasteiger partial charge in [0.2, 0.25) is 10.0 Å². The fourth-order valence-corrected chi connectivity index (χ4v) is 4.33. The molecule has 3 aromatic rings. The Balaban J connectivity index is 1.80. The summed E-state index contributed by atoms with van der Waals surface area (Å²) in [7, 11) is -0.987. The van der Waals surface area contributed by atoms with E-state index in [1.807, 2.05) is 24.3 Å². The Labute approximate surface area is 189 Å². The summed E-state index contributed by atoms with van der Waals surface area (Å²) >= 11 is 7.86. The Kier molecular flexibility index (Phi) is 7.11. The third-order valence-electron chi connectivity index (χ3n) is 4.22. The maximum Gasteiger partial charge on any atom is 0.259 e. The zero-order valence-corrected chi connectivity index (χ0v) is 19.0. The molecule has 0 fully saturated rings. The minimum absolute atomic E-state index is 0.0295. The maximum absolute atomic E-state index is 12.7. The van der Waals surface area contributed by atoms with Crippen LogP contribution in [0.3, 0.4) is 0 Å². The number of methoxy groups -OCH3 is 2. The molecule has 10 heteroatoms. The first kappa shape index (κ1) is 23.0. The number of sulfonamides is 1. The molecule has 0 saturated heterocycles. The highest BCUT2D eigenvalue weighted by molar-refractivity contribution is 7.99. The Hall–Kier alpha value is -2.72. The third kappa shape index (κ3) is 5.71. The zero-order valence-electron chi connectivity index (χ0n) is 16.6.